The number of hydrogen-bond acceptors (Lipinski definition) is 4. The van der Waals surface area contributed by atoms with E-state index in [1.165, 1.54) is 18.3 Å². The van der Waals surface area contributed by atoms with Crippen molar-refractivity contribution in [3.05, 3.63) is 24.0 Å². The fraction of sp³-hybridized carbons (Fsp3) is 0.417. The van der Waals surface area contributed by atoms with Crippen LogP contribution >= 0.6 is 0 Å². The molecule has 0 aliphatic rings. The molecule has 3 N–H and O–H groups in total. The molecule has 1 heterocycles. The number of aromatic nitrogens is 1. The molecule has 2 atom stereocenters. The topological polar surface area (TPSA) is 108 Å². The molecule has 7 nitrogen and oxygen atoms in total. The average molecular weight is 299 g/mol. The van der Waals surface area contributed by atoms with E-state index in [0.717, 1.165) is 0 Å². The van der Waals surface area contributed by atoms with Crippen LogP contribution in [0, 0.1) is 0 Å². The van der Waals surface area contributed by atoms with Crippen LogP contribution in [0.5, 0.6) is 0 Å². The lowest BCUT2D eigenvalue weighted by Gasteiger charge is -2.13. The molecule has 1 aromatic rings. The largest absolute Gasteiger partial charge is 0.477 e. The Balaban J connectivity index is 2.45. The van der Waals surface area contributed by atoms with Gasteiger partial charge in [0.2, 0.25) is 0 Å². The minimum Gasteiger partial charge on any atom is -0.477 e. The second kappa shape index (κ2) is 7.59. The van der Waals surface area contributed by atoms with Gasteiger partial charge >= 0.3 is 12.0 Å². The number of aromatic carboxylic acids is 1. The van der Waals surface area contributed by atoms with E-state index in [2.05, 4.69) is 15.6 Å². The quantitative estimate of drug-likeness (QED) is 0.727. The molecular weight excluding hydrogens is 282 g/mol. The number of hydrogen-bond donors (Lipinski definition) is 3. The van der Waals surface area contributed by atoms with E-state index in [1.54, 1.807) is 6.26 Å². The van der Waals surface area contributed by atoms with E-state index in [9.17, 15) is 13.8 Å². The molecule has 0 aliphatic heterocycles. The maximum absolute atomic E-state index is 11.6. The smallest absolute Gasteiger partial charge is 0.354 e. The molecule has 1 rings (SSSR count). The first-order valence-corrected chi connectivity index (χ1v) is 7.68. The Morgan fingerprint density at radius 1 is 1.45 bits per heavy atom. The molecule has 2 amide bonds. The number of nitrogens with zero attached hydrogens (tertiary/aromatic N) is 1. The van der Waals surface area contributed by atoms with Crippen molar-refractivity contribution >= 4 is 28.5 Å². The van der Waals surface area contributed by atoms with Gasteiger partial charge in [0.15, 0.2) is 0 Å². The normalized spacial score (nSPS) is 13.3. The molecule has 0 radical (unpaired) electrons. The van der Waals surface area contributed by atoms with Crippen LogP contribution in [0.1, 0.15) is 23.8 Å². The summed E-state index contributed by atoms with van der Waals surface area (Å²) >= 11 is 0. The highest BCUT2D eigenvalue weighted by molar-refractivity contribution is 7.84. The SMILES string of the molecule is CC(CCS(C)=O)NC(=O)Nc1ccc(C(=O)O)nc1. The predicted octanol–water partition coefficient (Wildman–Crippen LogP) is 1.06. The number of amides is 2. The monoisotopic (exact) mass is 299 g/mol. The van der Waals surface area contributed by atoms with Gasteiger partial charge in [-0.3, -0.25) is 4.21 Å². The highest BCUT2D eigenvalue weighted by Gasteiger charge is 2.09. The highest BCUT2D eigenvalue weighted by Crippen LogP contribution is 2.06. The molecule has 0 fully saturated rings. The third-order valence-corrected chi connectivity index (χ3v) is 3.27. The summed E-state index contributed by atoms with van der Waals surface area (Å²) in [7, 11) is -0.883. The van der Waals surface area contributed by atoms with Gasteiger partial charge in [0.25, 0.3) is 0 Å². The maximum Gasteiger partial charge on any atom is 0.354 e. The van der Waals surface area contributed by atoms with Crippen LogP contribution in [-0.2, 0) is 10.8 Å². The molecule has 0 spiro atoms. The van der Waals surface area contributed by atoms with Crippen molar-refractivity contribution in [1.82, 2.24) is 10.3 Å². The van der Waals surface area contributed by atoms with Crippen LogP contribution in [0.4, 0.5) is 10.5 Å². The lowest BCUT2D eigenvalue weighted by atomic mass is 10.3. The Morgan fingerprint density at radius 2 is 2.15 bits per heavy atom. The number of carboxylic acids is 1. The third-order valence-electron chi connectivity index (χ3n) is 2.46. The fourth-order valence-corrected chi connectivity index (χ4v) is 2.09. The van der Waals surface area contributed by atoms with Crippen molar-refractivity contribution in [2.45, 2.75) is 19.4 Å². The standard InChI is InChI=1S/C12H17N3O4S/c1-8(5-6-20(2)19)14-12(18)15-9-3-4-10(11(16)17)13-7-9/h3-4,7-8H,5-6H2,1-2H3,(H,16,17)(H2,14,15,18). The van der Waals surface area contributed by atoms with Crippen LogP contribution < -0.4 is 10.6 Å². The van der Waals surface area contributed by atoms with Crippen LogP contribution in [0.25, 0.3) is 0 Å². The number of pyridine rings is 1. The van der Waals surface area contributed by atoms with E-state index in [0.29, 0.717) is 17.9 Å². The summed E-state index contributed by atoms with van der Waals surface area (Å²) in [6.07, 6.45) is 3.50. The number of nitrogens with one attached hydrogen (secondary N) is 2. The predicted molar refractivity (Wildman–Crippen MR) is 76.4 cm³/mol. The van der Waals surface area contributed by atoms with Gasteiger partial charge in [0, 0.05) is 28.9 Å². The Hall–Kier alpha value is -1.96. The summed E-state index contributed by atoms with van der Waals surface area (Å²) in [6, 6.07) is 2.25. The molecular formula is C12H17N3O4S. The van der Waals surface area contributed by atoms with Gasteiger partial charge in [-0.15, -0.1) is 0 Å². The Bertz CT molecular complexity index is 504. The van der Waals surface area contributed by atoms with Crippen molar-refractivity contribution in [3.8, 4) is 0 Å². The molecule has 0 saturated heterocycles. The van der Waals surface area contributed by atoms with Crippen LogP contribution in [0.3, 0.4) is 0 Å². The van der Waals surface area contributed by atoms with Gasteiger partial charge in [-0.25, -0.2) is 14.6 Å². The molecule has 1 aromatic heterocycles. The van der Waals surface area contributed by atoms with Crippen molar-refractivity contribution in [2.75, 3.05) is 17.3 Å². The minimum atomic E-state index is -1.12. The first-order chi connectivity index (χ1) is 9.38. The lowest BCUT2D eigenvalue weighted by molar-refractivity contribution is 0.0690. The van der Waals surface area contributed by atoms with Crippen molar-refractivity contribution in [2.24, 2.45) is 0 Å². The Kier molecular flexibility index (Phi) is 6.10. The molecule has 0 bridgehead atoms. The highest BCUT2D eigenvalue weighted by atomic mass is 32.2. The van der Waals surface area contributed by atoms with E-state index >= 15 is 0 Å². The van der Waals surface area contributed by atoms with Crippen LogP contribution in [-0.4, -0.2) is 44.4 Å². The van der Waals surface area contributed by atoms with Gasteiger partial charge in [-0.1, -0.05) is 0 Å². The summed E-state index contributed by atoms with van der Waals surface area (Å²) < 4.78 is 10.9. The van der Waals surface area contributed by atoms with Gasteiger partial charge in [-0.05, 0) is 25.5 Å². The first kappa shape index (κ1) is 16.1. The average Bonchev–Trinajstić information content (AvgIpc) is 2.36. The van der Waals surface area contributed by atoms with Crippen molar-refractivity contribution < 1.29 is 18.9 Å². The lowest BCUT2D eigenvalue weighted by Crippen LogP contribution is -2.36. The number of urea groups is 1. The summed E-state index contributed by atoms with van der Waals surface area (Å²) in [6.45, 7) is 1.82. The number of anilines is 1. The van der Waals surface area contributed by atoms with Crippen molar-refractivity contribution in [3.63, 3.8) is 0 Å². The van der Waals surface area contributed by atoms with E-state index in [-0.39, 0.29) is 11.7 Å². The van der Waals surface area contributed by atoms with Gasteiger partial charge < -0.3 is 15.7 Å². The summed E-state index contributed by atoms with van der Waals surface area (Å²) in [5.41, 5.74) is 0.313. The van der Waals surface area contributed by atoms with E-state index < -0.39 is 22.8 Å². The number of rotatable bonds is 6. The van der Waals surface area contributed by atoms with Gasteiger partial charge in [0.1, 0.15) is 5.69 Å². The number of carboxylic acid groups (broad SMARTS) is 1. The number of carbonyl (C=O) groups is 2. The Labute approximate surface area is 119 Å². The summed E-state index contributed by atoms with van der Waals surface area (Å²) in [5, 5.41) is 13.9. The van der Waals surface area contributed by atoms with Gasteiger partial charge in [0.05, 0.1) is 11.9 Å². The minimum absolute atomic E-state index is 0.0882. The van der Waals surface area contributed by atoms with Crippen LogP contribution in [0.15, 0.2) is 18.3 Å². The maximum atomic E-state index is 11.6. The zero-order chi connectivity index (χ0) is 15.1. The number of carbonyl (C=O) groups excluding carboxylic acids is 1. The third kappa shape index (κ3) is 5.79. The van der Waals surface area contributed by atoms with Crippen molar-refractivity contribution in [1.29, 1.82) is 0 Å². The molecule has 20 heavy (non-hydrogen) atoms. The Morgan fingerprint density at radius 3 is 2.65 bits per heavy atom. The summed E-state index contributed by atoms with van der Waals surface area (Å²) in [4.78, 5) is 26.0. The van der Waals surface area contributed by atoms with E-state index in [1.807, 2.05) is 6.92 Å². The molecule has 0 saturated carbocycles. The second-order valence-electron chi connectivity index (χ2n) is 4.30. The van der Waals surface area contributed by atoms with Crippen LogP contribution in [0.2, 0.25) is 0 Å². The molecule has 0 aliphatic carbocycles. The molecule has 2 unspecified atom stereocenters. The fourth-order valence-electron chi connectivity index (χ4n) is 1.40. The summed E-state index contributed by atoms with van der Waals surface area (Å²) in [5.74, 6) is -0.599. The van der Waals surface area contributed by atoms with E-state index in [4.69, 9.17) is 5.11 Å². The molecule has 8 heteroatoms. The zero-order valence-electron chi connectivity index (χ0n) is 11.3. The second-order valence-corrected chi connectivity index (χ2v) is 5.86. The first-order valence-electron chi connectivity index (χ1n) is 5.95. The molecule has 110 valence electrons. The zero-order valence-corrected chi connectivity index (χ0v) is 12.1. The van der Waals surface area contributed by atoms with Gasteiger partial charge in [-0.2, -0.15) is 0 Å². The molecule has 0 aromatic carbocycles.